The summed E-state index contributed by atoms with van der Waals surface area (Å²) in [5.41, 5.74) is 3.07. The van der Waals surface area contributed by atoms with Crippen molar-refractivity contribution >= 4 is 18.3 Å². The third kappa shape index (κ3) is 3.39. The van der Waals surface area contributed by atoms with Crippen molar-refractivity contribution in [1.29, 1.82) is 0 Å². The number of benzene rings is 1. The number of hydrogen-bond donors (Lipinski definition) is 2. The molecule has 0 spiro atoms. The molecular weight excluding hydrogens is 288 g/mol. The van der Waals surface area contributed by atoms with Crippen LogP contribution in [0.2, 0.25) is 0 Å². The van der Waals surface area contributed by atoms with Gasteiger partial charge in [-0.25, -0.2) is 0 Å². The fourth-order valence-electron chi connectivity index (χ4n) is 3.15. The highest BCUT2D eigenvalue weighted by Crippen LogP contribution is 2.22. The highest BCUT2D eigenvalue weighted by atomic mass is 35.5. The molecule has 0 radical (unpaired) electrons. The standard InChI is InChI=1S/C16H22N2O2.ClH/c1-10-5-6-17-11(2)15(10)18-16(19)12-3-4-13-8-20-9-14(13)7-12;/h3-4,7,10-11,15,17H,5-6,8-9H2,1-2H3,(H,18,19);1H. The van der Waals surface area contributed by atoms with E-state index in [1.54, 1.807) is 0 Å². The lowest BCUT2D eigenvalue weighted by Gasteiger charge is -2.36. The summed E-state index contributed by atoms with van der Waals surface area (Å²) in [6, 6.07) is 6.38. The lowest BCUT2D eigenvalue weighted by atomic mass is 9.89. The second kappa shape index (κ2) is 6.77. The Balaban J connectivity index is 0.00000161. The molecule has 1 aromatic rings. The molecule has 2 N–H and O–H groups in total. The molecule has 0 aliphatic carbocycles. The van der Waals surface area contributed by atoms with Crippen molar-refractivity contribution in [3.05, 3.63) is 34.9 Å². The van der Waals surface area contributed by atoms with Crippen LogP contribution in [0.15, 0.2) is 18.2 Å². The monoisotopic (exact) mass is 310 g/mol. The molecule has 1 amide bonds. The minimum Gasteiger partial charge on any atom is -0.372 e. The number of hydrogen-bond acceptors (Lipinski definition) is 3. The van der Waals surface area contributed by atoms with E-state index in [-0.39, 0.29) is 24.4 Å². The van der Waals surface area contributed by atoms with Gasteiger partial charge in [-0.05, 0) is 49.1 Å². The summed E-state index contributed by atoms with van der Waals surface area (Å²) in [6.07, 6.45) is 1.10. The van der Waals surface area contributed by atoms with Gasteiger partial charge in [0.25, 0.3) is 5.91 Å². The summed E-state index contributed by atoms with van der Waals surface area (Å²) in [7, 11) is 0. The molecule has 3 rings (SSSR count). The third-order valence-corrected chi connectivity index (χ3v) is 4.50. The number of rotatable bonds is 2. The maximum atomic E-state index is 12.4. The molecule has 1 fully saturated rings. The predicted octanol–water partition coefficient (Wildman–Crippen LogP) is 2.25. The van der Waals surface area contributed by atoms with Gasteiger partial charge in [0.05, 0.1) is 13.2 Å². The van der Waals surface area contributed by atoms with Crippen molar-refractivity contribution in [2.24, 2.45) is 5.92 Å². The summed E-state index contributed by atoms with van der Waals surface area (Å²) >= 11 is 0. The van der Waals surface area contributed by atoms with Crippen molar-refractivity contribution in [3.63, 3.8) is 0 Å². The van der Waals surface area contributed by atoms with Crippen LogP contribution >= 0.6 is 12.4 Å². The molecule has 4 nitrogen and oxygen atoms in total. The molecule has 3 atom stereocenters. The van der Waals surface area contributed by atoms with Crippen LogP contribution in [0.4, 0.5) is 0 Å². The van der Waals surface area contributed by atoms with E-state index in [0.717, 1.165) is 24.1 Å². The molecule has 5 heteroatoms. The van der Waals surface area contributed by atoms with Crippen LogP contribution < -0.4 is 10.6 Å². The molecule has 1 saturated heterocycles. The SMILES string of the molecule is CC1CCNC(C)C1NC(=O)c1ccc2c(c1)COC2.Cl. The first-order valence-electron chi connectivity index (χ1n) is 7.39. The number of fused-ring (bicyclic) bond motifs is 1. The van der Waals surface area contributed by atoms with Crippen LogP contribution in [0.3, 0.4) is 0 Å². The van der Waals surface area contributed by atoms with Crippen LogP contribution in [0.1, 0.15) is 41.8 Å². The number of nitrogens with one attached hydrogen (secondary N) is 2. The van der Waals surface area contributed by atoms with Gasteiger partial charge in [-0.3, -0.25) is 4.79 Å². The Morgan fingerprint density at radius 1 is 1.29 bits per heavy atom. The van der Waals surface area contributed by atoms with E-state index < -0.39 is 0 Å². The molecule has 21 heavy (non-hydrogen) atoms. The lowest BCUT2D eigenvalue weighted by molar-refractivity contribution is 0.0897. The summed E-state index contributed by atoms with van der Waals surface area (Å²) in [4.78, 5) is 12.4. The van der Waals surface area contributed by atoms with Gasteiger partial charge in [0.2, 0.25) is 0 Å². The summed E-state index contributed by atoms with van der Waals surface area (Å²) < 4.78 is 5.39. The Hall–Kier alpha value is -1.10. The Bertz CT molecular complexity index is 511. The lowest BCUT2D eigenvalue weighted by Crippen LogP contribution is -2.55. The Morgan fingerprint density at radius 2 is 2.05 bits per heavy atom. The molecule has 2 aliphatic heterocycles. The van der Waals surface area contributed by atoms with E-state index in [4.69, 9.17) is 4.74 Å². The molecule has 1 aromatic carbocycles. The normalized spacial score (nSPS) is 27.6. The Morgan fingerprint density at radius 3 is 2.81 bits per heavy atom. The largest absolute Gasteiger partial charge is 0.372 e. The molecule has 2 heterocycles. The van der Waals surface area contributed by atoms with Gasteiger partial charge >= 0.3 is 0 Å². The summed E-state index contributed by atoms with van der Waals surface area (Å²) in [5.74, 6) is 0.528. The van der Waals surface area contributed by atoms with E-state index >= 15 is 0 Å². The van der Waals surface area contributed by atoms with E-state index in [1.807, 2.05) is 18.2 Å². The highest BCUT2D eigenvalue weighted by Gasteiger charge is 2.29. The number of ether oxygens (including phenoxy) is 1. The molecule has 2 aliphatic rings. The minimum absolute atomic E-state index is 0. The van der Waals surface area contributed by atoms with Crippen molar-refractivity contribution < 1.29 is 9.53 Å². The van der Waals surface area contributed by atoms with Crippen molar-refractivity contribution in [2.75, 3.05) is 6.54 Å². The van der Waals surface area contributed by atoms with E-state index in [9.17, 15) is 4.79 Å². The van der Waals surface area contributed by atoms with E-state index in [2.05, 4.69) is 24.5 Å². The predicted molar refractivity (Wildman–Crippen MR) is 84.7 cm³/mol. The van der Waals surface area contributed by atoms with Gasteiger partial charge in [-0.1, -0.05) is 13.0 Å². The number of carbonyl (C=O) groups is 1. The number of piperidine rings is 1. The van der Waals surface area contributed by atoms with Crippen molar-refractivity contribution in [3.8, 4) is 0 Å². The first kappa shape index (κ1) is 16.3. The van der Waals surface area contributed by atoms with Gasteiger partial charge in [-0.2, -0.15) is 0 Å². The van der Waals surface area contributed by atoms with E-state index in [0.29, 0.717) is 25.2 Å². The minimum atomic E-state index is 0. The Kier molecular flexibility index (Phi) is 5.25. The number of amides is 1. The van der Waals surface area contributed by atoms with Crippen LogP contribution in [-0.2, 0) is 18.0 Å². The zero-order valence-corrected chi connectivity index (χ0v) is 13.3. The first-order chi connectivity index (χ1) is 9.65. The third-order valence-electron chi connectivity index (χ3n) is 4.50. The zero-order valence-electron chi connectivity index (χ0n) is 12.5. The smallest absolute Gasteiger partial charge is 0.251 e. The number of carbonyl (C=O) groups excluding carboxylic acids is 1. The van der Waals surface area contributed by atoms with Crippen LogP contribution in [0, 0.1) is 5.92 Å². The van der Waals surface area contributed by atoms with Crippen molar-refractivity contribution in [2.45, 2.75) is 45.6 Å². The second-order valence-electron chi connectivity index (χ2n) is 5.98. The average molecular weight is 311 g/mol. The number of halogens is 1. The summed E-state index contributed by atoms with van der Waals surface area (Å²) in [6.45, 7) is 6.66. The molecule has 0 bridgehead atoms. The van der Waals surface area contributed by atoms with Gasteiger partial charge in [0.15, 0.2) is 0 Å². The first-order valence-corrected chi connectivity index (χ1v) is 7.39. The molecule has 116 valence electrons. The quantitative estimate of drug-likeness (QED) is 0.881. The molecular formula is C16H23ClN2O2. The van der Waals surface area contributed by atoms with Gasteiger partial charge in [0, 0.05) is 17.6 Å². The average Bonchev–Trinajstić information content (AvgIpc) is 2.90. The zero-order chi connectivity index (χ0) is 14.1. The maximum absolute atomic E-state index is 12.4. The van der Waals surface area contributed by atoms with Crippen molar-refractivity contribution in [1.82, 2.24) is 10.6 Å². The van der Waals surface area contributed by atoms with Gasteiger partial charge in [-0.15, -0.1) is 12.4 Å². The Labute approximate surface area is 132 Å². The molecule has 3 unspecified atom stereocenters. The van der Waals surface area contributed by atoms with Crippen LogP contribution in [0.25, 0.3) is 0 Å². The second-order valence-corrected chi connectivity index (χ2v) is 5.98. The topological polar surface area (TPSA) is 50.4 Å². The van der Waals surface area contributed by atoms with E-state index in [1.165, 1.54) is 5.56 Å². The fourth-order valence-corrected chi connectivity index (χ4v) is 3.15. The summed E-state index contributed by atoms with van der Waals surface area (Å²) in [5, 5.41) is 6.61. The van der Waals surface area contributed by atoms with Gasteiger partial charge in [0.1, 0.15) is 0 Å². The highest BCUT2D eigenvalue weighted by molar-refractivity contribution is 5.94. The molecule has 0 saturated carbocycles. The van der Waals surface area contributed by atoms with Crippen LogP contribution in [-0.4, -0.2) is 24.5 Å². The van der Waals surface area contributed by atoms with Crippen LogP contribution in [0.5, 0.6) is 0 Å². The molecule has 0 aromatic heterocycles. The van der Waals surface area contributed by atoms with Gasteiger partial charge < -0.3 is 15.4 Å². The fraction of sp³-hybridized carbons (Fsp3) is 0.562. The maximum Gasteiger partial charge on any atom is 0.251 e.